The second-order valence-electron chi connectivity index (χ2n) is 5.00. The molecule has 2 rings (SSSR count). The summed E-state index contributed by atoms with van der Waals surface area (Å²) in [5, 5.41) is 13.2. The number of aryl methyl sites for hydroxylation is 2. The van der Waals surface area contributed by atoms with Gasteiger partial charge in [-0.15, -0.1) is 0 Å². The van der Waals surface area contributed by atoms with Crippen LogP contribution in [0.3, 0.4) is 0 Å². The lowest BCUT2D eigenvalue weighted by atomic mass is 10.1. The number of piperazine rings is 1. The van der Waals surface area contributed by atoms with Crippen LogP contribution in [0.4, 0.5) is 0 Å². The highest BCUT2D eigenvalue weighted by Crippen LogP contribution is 2.04. The predicted molar refractivity (Wildman–Crippen MR) is 74.0 cm³/mol. The van der Waals surface area contributed by atoms with Crippen LogP contribution in [-0.4, -0.2) is 60.3 Å². The number of nitrogens with one attached hydrogen (secondary N) is 3. The smallest absolute Gasteiger partial charge is 0.234 e. The fourth-order valence-electron chi connectivity index (χ4n) is 2.26. The Labute approximate surface area is 113 Å². The zero-order valence-corrected chi connectivity index (χ0v) is 11.5. The van der Waals surface area contributed by atoms with E-state index in [9.17, 15) is 4.79 Å². The van der Waals surface area contributed by atoms with Crippen LogP contribution in [0.1, 0.15) is 17.7 Å². The molecule has 1 aliphatic heterocycles. The molecule has 0 bridgehead atoms. The van der Waals surface area contributed by atoms with Crippen molar-refractivity contribution >= 4 is 5.91 Å². The summed E-state index contributed by atoms with van der Waals surface area (Å²) in [4.78, 5) is 13.9. The molecule has 1 saturated heterocycles. The Morgan fingerprint density at radius 2 is 2.26 bits per heavy atom. The molecule has 0 aromatic carbocycles. The average molecular weight is 265 g/mol. The Morgan fingerprint density at radius 1 is 1.47 bits per heavy atom. The second kappa shape index (κ2) is 7.25. The molecule has 0 spiro atoms. The number of aromatic nitrogens is 2. The van der Waals surface area contributed by atoms with Crippen LogP contribution < -0.4 is 10.6 Å². The van der Waals surface area contributed by atoms with Gasteiger partial charge in [0.25, 0.3) is 0 Å². The molecular weight excluding hydrogens is 242 g/mol. The molecule has 6 heteroatoms. The number of carbonyl (C=O) groups is 1. The van der Waals surface area contributed by atoms with E-state index >= 15 is 0 Å². The summed E-state index contributed by atoms with van der Waals surface area (Å²) < 4.78 is 0. The minimum Gasteiger partial charge on any atom is -0.355 e. The number of hydrogen-bond acceptors (Lipinski definition) is 4. The number of hydrogen-bond donors (Lipinski definition) is 3. The Balaban J connectivity index is 1.57. The van der Waals surface area contributed by atoms with Gasteiger partial charge >= 0.3 is 0 Å². The molecule has 106 valence electrons. The molecule has 3 N–H and O–H groups in total. The van der Waals surface area contributed by atoms with Crippen molar-refractivity contribution in [2.24, 2.45) is 0 Å². The van der Waals surface area contributed by atoms with Gasteiger partial charge in [-0.25, -0.2) is 0 Å². The molecule has 6 nitrogen and oxygen atoms in total. The Hall–Kier alpha value is -1.40. The van der Waals surface area contributed by atoms with Crippen LogP contribution in [0.15, 0.2) is 6.20 Å². The number of H-pyrrole nitrogens is 1. The summed E-state index contributed by atoms with van der Waals surface area (Å²) in [6.45, 7) is 7.15. The SMILES string of the molecule is Cc1[nH]ncc1CCCNC(=O)CN1CCNCC1. The Bertz CT molecular complexity index is 397. The van der Waals surface area contributed by atoms with Gasteiger partial charge in [-0.05, 0) is 25.3 Å². The molecule has 1 fully saturated rings. The molecule has 0 aliphatic carbocycles. The van der Waals surface area contributed by atoms with Crippen molar-refractivity contribution in [2.75, 3.05) is 39.3 Å². The largest absolute Gasteiger partial charge is 0.355 e. The third-order valence-electron chi connectivity index (χ3n) is 3.46. The van der Waals surface area contributed by atoms with E-state index in [0.29, 0.717) is 6.54 Å². The van der Waals surface area contributed by atoms with E-state index in [0.717, 1.165) is 51.3 Å². The molecule has 0 atom stereocenters. The van der Waals surface area contributed by atoms with E-state index in [-0.39, 0.29) is 5.91 Å². The molecule has 0 saturated carbocycles. The van der Waals surface area contributed by atoms with Gasteiger partial charge in [0.15, 0.2) is 0 Å². The van der Waals surface area contributed by atoms with Gasteiger partial charge in [-0.1, -0.05) is 0 Å². The van der Waals surface area contributed by atoms with Crippen LogP contribution in [0, 0.1) is 6.92 Å². The quantitative estimate of drug-likeness (QED) is 0.616. The maximum absolute atomic E-state index is 11.7. The lowest BCUT2D eigenvalue weighted by molar-refractivity contribution is -0.122. The van der Waals surface area contributed by atoms with Crippen molar-refractivity contribution in [3.05, 3.63) is 17.5 Å². The van der Waals surface area contributed by atoms with Crippen molar-refractivity contribution in [1.29, 1.82) is 0 Å². The molecule has 0 unspecified atom stereocenters. The fraction of sp³-hybridized carbons (Fsp3) is 0.692. The fourth-order valence-corrected chi connectivity index (χ4v) is 2.26. The first-order valence-corrected chi connectivity index (χ1v) is 6.94. The van der Waals surface area contributed by atoms with E-state index in [2.05, 4.69) is 25.7 Å². The van der Waals surface area contributed by atoms with Gasteiger partial charge < -0.3 is 10.6 Å². The van der Waals surface area contributed by atoms with E-state index in [1.54, 1.807) is 0 Å². The van der Waals surface area contributed by atoms with Gasteiger partial charge in [-0.2, -0.15) is 5.10 Å². The highest BCUT2D eigenvalue weighted by Gasteiger charge is 2.12. The minimum atomic E-state index is 0.130. The highest BCUT2D eigenvalue weighted by atomic mass is 16.2. The second-order valence-corrected chi connectivity index (χ2v) is 5.00. The normalized spacial score (nSPS) is 16.5. The molecule has 2 heterocycles. The molecule has 1 amide bonds. The van der Waals surface area contributed by atoms with Crippen LogP contribution >= 0.6 is 0 Å². The van der Waals surface area contributed by atoms with E-state index < -0.39 is 0 Å². The molecular formula is C13H23N5O. The summed E-state index contributed by atoms with van der Waals surface area (Å²) in [6.07, 6.45) is 3.77. The topological polar surface area (TPSA) is 73.0 Å². The first-order chi connectivity index (χ1) is 9.25. The third-order valence-corrected chi connectivity index (χ3v) is 3.46. The Kier molecular flexibility index (Phi) is 5.35. The monoisotopic (exact) mass is 265 g/mol. The van der Waals surface area contributed by atoms with Crippen LogP contribution in [0.5, 0.6) is 0 Å². The zero-order chi connectivity index (χ0) is 13.5. The van der Waals surface area contributed by atoms with E-state index in [4.69, 9.17) is 0 Å². The lowest BCUT2D eigenvalue weighted by Crippen LogP contribution is -2.47. The van der Waals surface area contributed by atoms with Gasteiger partial charge in [-0.3, -0.25) is 14.8 Å². The van der Waals surface area contributed by atoms with Crippen molar-refractivity contribution in [3.63, 3.8) is 0 Å². The number of rotatable bonds is 6. The average Bonchev–Trinajstić information content (AvgIpc) is 2.81. The van der Waals surface area contributed by atoms with Crippen LogP contribution in [-0.2, 0) is 11.2 Å². The molecule has 1 aromatic heterocycles. The maximum Gasteiger partial charge on any atom is 0.234 e. The summed E-state index contributed by atoms with van der Waals surface area (Å²) in [7, 11) is 0. The van der Waals surface area contributed by atoms with Gasteiger partial charge in [0.05, 0.1) is 12.7 Å². The van der Waals surface area contributed by atoms with E-state index in [1.165, 1.54) is 5.56 Å². The highest BCUT2D eigenvalue weighted by molar-refractivity contribution is 5.77. The summed E-state index contributed by atoms with van der Waals surface area (Å²) in [5.41, 5.74) is 2.35. The summed E-state index contributed by atoms with van der Waals surface area (Å²) >= 11 is 0. The molecule has 19 heavy (non-hydrogen) atoms. The number of amides is 1. The number of aromatic amines is 1. The summed E-state index contributed by atoms with van der Waals surface area (Å²) in [5.74, 6) is 0.130. The van der Waals surface area contributed by atoms with Crippen LogP contribution in [0.25, 0.3) is 0 Å². The number of carbonyl (C=O) groups excluding carboxylic acids is 1. The number of nitrogens with zero attached hydrogens (tertiary/aromatic N) is 2. The minimum absolute atomic E-state index is 0.130. The molecule has 1 aliphatic rings. The van der Waals surface area contributed by atoms with E-state index in [1.807, 2.05) is 13.1 Å². The molecule has 1 aromatic rings. The van der Waals surface area contributed by atoms with Crippen molar-refractivity contribution < 1.29 is 4.79 Å². The summed E-state index contributed by atoms with van der Waals surface area (Å²) in [6, 6.07) is 0. The van der Waals surface area contributed by atoms with Crippen molar-refractivity contribution in [3.8, 4) is 0 Å². The maximum atomic E-state index is 11.7. The van der Waals surface area contributed by atoms with Crippen LogP contribution in [0.2, 0.25) is 0 Å². The first kappa shape index (κ1) is 14.0. The van der Waals surface area contributed by atoms with Gasteiger partial charge in [0.1, 0.15) is 0 Å². The van der Waals surface area contributed by atoms with Gasteiger partial charge in [0.2, 0.25) is 5.91 Å². The third kappa shape index (κ3) is 4.65. The van der Waals surface area contributed by atoms with Crippen molar-refractivity contribution in [2.45, 2.75) is 19.8 Å². The zero-order valence-electron chi connectivity index (χ0n) is 11.5. The van der Waals surface area contributed by atoms with Crippen molar-refractivity contribution in [1.82, 2.24) is 25.7 Å². The first-order valence-electron chi connectivity index (χ1n) is 6.94. The van der Waals surface area contributed by atoms with Gasteiger partial charge in [0, 0.05) is 38.4 Å². The Morgan fingerprint density at radius 3 is 2.95 bits per heavy atom. The lowest BCUT2D eigenvalue weighted by Gasteiger charge is -2.26. The molecule has 0 radical (unpaired) electrons. The predicted octanol–water partition coefficient (Wildman–Crippen LogP) is -0.328. The standard InChI is InChI=1S/C13H23N5O/c1-11-12(9-16-17-11)3-2-4-15-13(19)10-18-7-5-14-6-8-18/h9,14H,2-8,10H2,1H3,(H,15,19)(H,16,17).